The second-order valence-electron chi connectivity index (χ2n) is 4.55. The number of rotatable bonds is 3. The van der Waals surface area contributed by atoms with Gasteiger partial charge in [-0.25, -0.2) is 4.98 Å². The van der Waals surface area contributed by atoms with E-state index < -0.39 is 23.6 Å². The maximum Gasteiger partial charge on any atom is 0.416 e. The number of carbonyl (C=O) groups is 2. The smallest absolute Gasteiger partial charge is 0.267 e. The molecule has 2 amide bonds. The Hall–Kier alpha value is -2.55. The molecular formula is C15H12F3N3O2S. The molecule has 1 aromatic carbocycles. The molecule has 0 saturated carbocycles. The molecule has 0 radical (unpaired) electrons. The summed E-state index contributed by atoms with van der Waals surface area (Å²) < 4.78 is 37.9. The number of nitrogens with one attached hydrogen (secondary N) is 2. The SMILES string of the molecule is CSc1ncccc1C(=O)NNC(=O)c1cccc(C(F)(F)F)c1. The molecule has 2 rings (SSSR count). The van der Waals surface area contributed by atoms with Gasteiger partial charge in [0.05, 0.1) is 11.1 Å². The summed E-state index contributed by atoms with van der Waals surface area (Å²) in [4.78, 5) is 27.9. The summed E-state index contributed by atoms with van der Waals surface area (Å²) in [7, 11) is 0. The van der Waals surface area contributed by atoms with Crippen molar-refractivity contribution in [1.82, 2.24) is 15.8 Å². The van der Waals surface area contributed by atoms with Gasteiger partial charge in [-0.1, -0.05) is 6.07 Å². The fourth-order valence-corrected chi connectivity index (χ4v) is 2.36. The van der Waals surface area contributed by atoms with Gasteiger partial charge < -0.3 is 0 Å². The third kappa shape index (κ3) is 4.25. The molecule has 0 aliphatic heterocycles. The number of hydrogen-bond acceptors (Lipinski definition) is 4. The first-order valence-electron chi connectivity index (χ1n) is 6.60. The van der Waals surface area contributed by atoms with E-state index in [0.717, 1.165) is 12.1 Å². The van der Waals surface area contributed by atoms with Crippen LogP contribution in [0.25, 0.3) is 0 Å². The topological polar surface area (TPSA) is 71.1 Å². The summed E-state index contributed by atoms with van der Waals surface area (Å²) in [6, 6.07) is 6.98. The van der Waals surface area contributed by atoms with E-state index in [1.54, 1.807) is 12.3 Å². The lowest BCUT2D eigenvalue weighted by molar-refractivity contribution is -0.137. The van der Waals surface area contributed by atoms with Gasteiger partial charge in [-0.15, -0.1) is 11.8 Å². The number of carbonyl (C=O) groups excluding carboxylic acids is 2. The zero-order valence-corrected chi connectivity index (χ0v) is 13.2. The first-order valence-corrected chi connectivity index (χ1v) is 7.82. The van der Waals surface area contributed by atoms with E-state index in [-0.39, 0.29) is 11.1 Å². The Balaban J connectivity index is 2.07. The molecule has 0 atom stereocenters. The maximum atomic E-state index is 12.6. The second kappa shape index (κ2) is 7.35. The number of aromatic nitrogens is 1. The Morgan fingerprint density at radius 2 is 1.79 bits per heavy atom. The molecule has 9 heteroatoms. The Bertz CT molecular complexity index is 766. The predicted octanol–water partition coefficient (Wildman–Crippen LogP) is 2.90. The van der Waals surface area contributed by atoms with Crippen molar-refractivity contribution in [1.29, 1.82) is 0 Å². The molecule has 1 aromatic heterocycles. The quantitative estimate of drug-likeness (QED) is 0.656. The fourth-order valence-electron chi connectivity index (χ4n) is 1.82. The summed E-state index contributed by atoms with van der Waals surface area (Å²) in [5.74, 6) is -1.48. The van der Waals surface area contributed by atoms with E-state index in [0.29, 0.717) is 11.1 Å². The number of nitrogens with zero attached hydrogens (tertiary/aromatic N) is 1. The van der Waals surface area contributed by atoms with Crippen LogP contribution in [0, 0.1) is 0 Å². The van der Waals surface area contributed by atoms with Crippen molar-refractivity contribution >= 4 is 23.6 Å². The Labute approximate surface area is 139 Å². The first-order chi connectivity index (χ1) is 11.3. The highest BCUT2D eigenvalue weighted by atomic mass is 32.2. The molecule has 0 aliphatic carbocycles. The number of benzene rings is 1. The molecular weight excluding hydrogens is 343 g/mol. The molecule has 1 heterocycles. The molecule has 0 saturated heterocycles. The Morgan fingerprint density at radius 1 is 1.08 bits per heavy atom. The van der Waals surface area contributed by atoms with Crippen LogP contribution in [0.15, 0.2) is 47.6 Å². The molecule has 24 heavy (non-hydrogen) atoms. The van der Waals surface area contributed by atoms with Crippen LogP contribution < -0.4 is 10.9 Å². The summed E-state index contributed by atoms with van der Waals surface area (Å²) in [6.45, 7) is 0. The van der Waals surface area contributed by atoms with Crippen LogP contribution in [-0.2, 0) is 6.18 Å². The summed E-state index contributed by atoms with van der Waals surface area (Å²) in [6.07, 6.45) is -1.30. The van der Waals surface area contributed by atoms with Crippen LogP contribution >= 0.6 is 11.8 Å². The number of hydrogen-bond donors (Lipinski definition) is 2. The molecule has 126 valence electrons. The van der Waals surface area contributed by atoms with Gasteiger partial charge in [-0.05, 0) is 36.6 Å². The lowest BCUT2D eigenvalue weighted by Gasteiger charge is -2.11. The second-order valence-corrected chi connectivity index (χ2v) is 5.34. The third-order valence-electron chi connectivity index (χ3n) is 2.95. The van der Waals surface area contributed by atoms with Crippen molar-refractivity contribution in [2.45, 2.75) is 11.2 Å². The zero-order chi connectivity index (χ0) is 17.7. The van der Waals surface area contributed by atoms with Crippen molar-refractivity contribution in [3.05, 3.63) is 59.3 Å². The molecule has 0 spiro atoms. The average molecular weight is 355 g/mol. The highest BCUT2D eigenvalue weighted by Gasteiger charge is 2.30. The lowest BCUT2D eigenvalue weighted by Crippen LogP contribution is -2.41. The van der Waals surface area contributed by atoms with Gasteiger partial charge in [-0.3, -0.25) is 20.4 Å². The number of pyridine rings is 1. The van der Waals surface area contributed by atoms with Gasteiger partial charge in [0.1, 0.15) is 5.03 Å². The molecule has 0 fully saturated rings. The van der Waals surface area contributed by atoms with Crippen LogP contribution in [0.2, 0.25) is 0 Å². The van der Waals surface area contributed by atoms with Gasteiger partial charge >= 0.3 is 6.18 Å². The highest BCUT2D eigenvalue weighted by Crippen LogP contribution is 2.29. The minimum atomic E-state index is -4.55. The van der Waals surface area contributed by atoms with Crippen molar-refractivity contribution in [2.24, 2.45) is 0 Å². The van der Waals surface area contributed by atoms with Crippen molar-refractivity contribution in [2.75, 3.05) is 6.26 Å². The first kappa shape index (κ1) is 17.8. The van der Waals surface area contributed by atoms with Gasteiger partial charge in [0, 0.05) is 11.8 Å². The van der Waals surface area contributed by atoms with Crippen LogP contribution in [0.4, 0.5) is 13.2 Å². The van der Waals surface area contributed by atoms with Gasteiger partial charge in [-0.2, -0.15) is 13.2 Å². The van der Waals surface area contributed by atoms with Crippen LogP contribution in [0.1, 0.15) is 26.3 Å². The fraction of sp³-hybridized carbons (Fsp3) is 0.133. The van der Waals surface area contributed by atoms with Gasteiger partial charge in [0.25, 0.3) is 11.8 Å². The average Bonchev–Trinajstić information content (AvgIpc) is 2.58. The molecule has 2 N–H and O–H groups in total. The standard InChI is InChI=1S/C15H12F3N3O2S/c1-24-14-11(6-3-7-19-14)13(23)21-20-12(22)9-4-2-5-10(8-9)15(16,17)18/h2-8H,1H3,(H,20,22)(H,21,23). The number of amides is 2. The molecule has 0 bridgehead atoms. The number of alkyl halides is 3. The number of thioether (sulfide) groups is 1. The molecule has 2 aromatic rings. The minimum absolute atomic E-state index is 0.221. The van der Waals surface area contributed by atoms with Crippen molar-refractivity contribution in [3.63, 3.8) is 0 Å². The van der Waals surface area contributed by atoms with Gasteiger partial charge in [0.15, 0.2) is 0 Å². The van der Waals surface area contributed by atoms with E-state index in [1.807, 2.05) is 0 Å². The third-order valence-corrected chi connectivity index (χ3v) is 3.66. The van der Waals surface area contributed by atoms with Gasteiger partial charge in [0.2, 0.25) is 0 Å². The molecule has 0 unspecified atom stereocenters. The summed E-state index contributed by atoms with van der Waals surface area (Å²) in [5, 5.41) is 0.461. The van der Waals surface area contributed by atoms with E-state index in [2.05, 4.69) is 15.8 Å². The highest BCUT2D eigenvalue weighted by molar-refractivity contribution is 7.98. The predicted molar refractivity (Wildman–Crippen MR) is 82.4 cm³/mol. The number of halogens is 3. The summed E-state index contributed by atoms with van der Waals surface area (Å²) in [5.41, 5.74) is 3.32. The lowest BCUT2D eigenvalue weighted by atomic mass is 10.1. The van der Waals surface area contributed by atoms with E-state index in [9.17, 15) is 22.8 Å². The van der Waals surface area contributed by atoms with E-state index in [4.69, 9.17) is 0 Å². The normalized spacial score (nSPS) is 11.0. The Kier molecular flexibility index (Phi) is 5.45. The Morgan fingerprint density at radius 3 is 2.46 bits per heavy atom. The largest absolute Gasteiger partial charge is 0.416 e. The number of hydrazine groups is 1. The van der Waals surface area contributed by atoms with Crippen molar-refractivity contribution in [3.8, 4) is 0 Å². The monoisotopic (exact) mass is 355 g/mol. The van der Waals surface area contributed by atoms with E-state index >= 15 is 0 Å². The van der Waals surface area contributed by atoms with Crippen LogP contribution in [-0.4, -0.2) is 23.1 Å². The molecule has 5 nitrogen and oxygen atoms in total. The molecule has 0 aliphatic rings. The summed E-state index contributed by atoms with van der Waals surface area (Å²) >= 11 is 1.25. The van der Waals surface area contributed by atoms with E-state index in [1.165, 1.54) is 30.1 Å². The maximum absolute atomic E-state index is 12.6. The zero-order valence-electron chi connectivity index (χ0n) is 12.3. The van der Waals surface area contributed by atoms with Crippen LogP contribution in [0.5, 0.6) is 0 Å². The van der Waals surface area contributed by atoms with Crippen molar-refractivity contribution < 1.29 is 22.8 Å². The van der Waals surface area contributed by atoms with Crippen LogP contribution in [0.3, 0.4) is 0 Å². The minimum Gasteiger partial charge on any atom is -0.267 e.